The molecule has 2 unspecified atom stereocenters. The van der Waals surface area contributed by atoms with Crippen LogP contribution in [-0.2, 0) is 19.1 Å². The summed E-state index contributed by atoms with van der Waals surface area (Å²) >= 11 is 2.82. The van der Waals surface area contributed by atoms with Crippen molar-refractivity contribution in [2.75, 3.05) is 6.61 Å². The fourth-order valence-electron chi connectivity index (χ4n) is 0.672. The maximum absolute atomic E-state index is 10.5. The van der Waals surface area contributed by atoms with Crippen molar-refractivity contribution < 1.29 is 24.0 Å². The number of carbonyl (C=O) groups excluding carboxylic acids is 2. The zero-order valence-electron chi connectivity index (χ0n) is 8.14. The van der Waals surface area contributed by atoms with Gasteiger partial charge in [-0.05, 0) is 15.9 Å². The van der Waals surface area contributed by atoms with E-state index in [1.54, 1.807) is 0 Å². The van der Waals surface area contributed by atoms with E-state index in [0.29, 0.717) is 0 Å². The molecule has 7 nitrogen and oxygen atoms in total. The second-order valence-electron chi connectivity index (χ2n) is 2.62. The number of halogens is 1. The summed E-state index contributed by atoms with van der Waals surface area (Å²) in [5.74, 6) is -1.30. The summed E-state index contributed by atoms with van der Waals surface area (Å²) < 4.78 is 9.02. The molecule has 0 rings (SSSR count). The third-order valence-corrected chi connectivity index (χ3v) is 2.11. The van der Waals surface area contributed by atoms with Gasteiger partial charge in [0, 0.05) is 18.8 Å². The van der Waals surface area contributed by atoms with Gasteiger partial charge in [-0.15, -0.1) is 0 Å². The molecule has 15 heavy (non-hydrogen) atoms. The first-order chi connectivity index (χ1) is 6.84. The van der Waals surface area contributed by atoms with Crippen LogP contribution in [0, 0.1) is 10.1 Å². The molecule has 0 aliphatic heterocycles. The lowest BCUT2D eigenvalue weighted by Gasteiger charge is -2.14. The number of nitrogens with zero attached hydrogens (tertiary/aromatic N) is 1. The quantitative estimate of drug-likeness (QED) is 0.315. The van der Waals surface area contributed by atoms with Crippen LogP contribution in [-0.4, -0.2) is 34.5 Å². The minimum Gasteiger partial charge on any atom is -0.458 e. The number of rotatable bonds is 5. The minimum atomic E-state index is -1.32. The van der Waals surface area contributed by atoms with E-state index < -0.39 is 34.5 Å². The summed E-state index contributed by atoms with van der Waals surface area (Å²) in [7, 11) is 0. The Morgan fingerprint density at radius 2 is 1.93 bits per heavy atom. The Hall–Kier alpha value is -1.18. The number of hydrogen-bond acceptors (Lipinski definition) is 6. The molecule has 0 aromatic carbocycles. The van der Waals surface area contributed by atoms with Crippen LogP contribution in [0.3, 0.4) is 0 Å². The van der Waals surface area contributed by atoms with E-state index in [9.17, 15) is 19.7 Å². The van der Waals surface area contributed by atoms with Crippen LogP contribution >= 0.6 is 15.9 Å². The van der Waals surface area contributed by atoms with Gasteiger partial charge in [-0.2, -0.15) is 0 Å². The van der Waals surface area contributed by atoms with E-state index in [0.717, 1.165) is 13.8 Å². The van der Waals surface area contributed by atoms with Crippen molar-refractivity contribution in [3.63, 3.8) is 0 Å². The molecule has 0 aliphatic rings. The Bertz CT molecular complexity index is 268. The van der Waals surface area contributed by atoms with Crippen LogP contribution in [0.25, 0.3) is 0 Å². The van der Waals surface area contributed by atoms with Crippen molar-refractivity contribution in [3.05, 3.63) is 10.1 Å². The van der Waals surface area contributed by atoms with Gasteiger partial charge in [0.2, 0.25) is 5.01 Å². The molecule has 0 aliphatic carbocycles. The van der Waals surface area contributed by atoms with Gasteiger partial charge in [0.1, 0.15) is 0 Å². The molecule has 0 amide bonds. The van der Waals surface area contributed by atoms with Crippen molar-refractivity contribution in [3.8, 4) is 0 Å². The fourth-order valence-corrected chi connectivity index (χ4v) is 1.28. The number of esters is 2. The molecule has 0 fully saturated rings. The molecule has 0 saturated heterocycles. The molecule has 0 aromatic rings. The van der Waals surface area contributed by atoms with Crippen LogP contribution in [0.5, 0.6) is 0 Å². The molecule has 0 heterocycles. The summed E-state index contributed by atoms with van der Waals surface area (Å²) in [6, 6.07) is -1.32. The largest absolute Gasteiger partial charge is 0.458 e. The Morgan fingerprint density at radius 1 is 1.40 bits per heavy atom. The third-order valence-electron chi connectivity index (χ3n) is 1.31. The van der Waals surface area contributed by atoms with E-state index in [1.807, 2.05) is 0 Å². The van der Waals surface area contributed by atoms with Crippen molar-refractivity contribution in [1.29, 1.82) is 0 Å². The van der Waals surface area contributed by atoms with Crippen LogP contribution in [0.1, 0.15) is 13.8 Å². The highest BCUT2D eigenvalue weighted by Gasteiger charge is 2.33. The van der Waals surface area contributed by atoms with E-state index >= 15 is 0 Å². The second-order valence-corrected chi connectivity index (χ2v) is 3.52. The van der Waals surface area contributed by atoms with Gasteiger partial charge in [0.25, 0.3) is 6.04 Å². The predicted molar refractivity (Wildman–Crippen MR) is 51.9 cm³/mol. The summed E-state index contributed by atoms with van der Waals surface area (Å²) in [4.78, 5) is 30.8. The Balaban J connectivity index is 4.31. The fraction of sp³-hybridized carbons (Fsp3) is 0.714. The Labute approximate surface area is 94.0 Å². The maximum Gasteiger partial charge on any atom is 0.304 e. The summed E-state index contributed by atoms with van der Waals surface area (Å²) in [6.07, 6.45) is 0. The van der Waals surface area contributed by atoms with Crippen LogP contribution in [0.2, 0.25) is 0 Å². The average molecular weight is 284 g/mol. The molecule has 8 heteroatoms. The Kier molecular flexibility index (Phi) is 5.83. The molecule has 0 N–H and O–H groups in total. The number of nitro groups is 1. The monoisotopic (exact) mass is 283 g/mol. The maximum atomic E-state index is 10.5. The molecule has 2 atom stereocenters. The third kappa shape index (κ3) is 6.00. The average Bonchev–Trinajstić information content (AvgIpc) is 2.01. The van der Waals surface area contributed by atoms with Crippen LogP contribution < -0.4 is 0 Å². The van der Waals surface area contributed by atoms with E-state index in [2.05, 4.69) is 25.4 Å². The van der Waals surface area contributed by atoms with Gasteiger partial charge < -0.3 is 9.47 Å². The van der Waals surface area contributed by atoms with Gasteiger partial charge in [-0.25, -0.2) is 0 Å². The summed E-state index contributed by atoms with van der Waals surface area (Å²) in [5.41, 5.74) is 0. The molecule has 0 bridgehead atoms. The van der Waals surface area contributed by atoms with Gasteiger partial charge in [-0.1, -0.05) is 0 Å². The minimum absolute atomic E-state index is 0.453. The summed E-state index contributed by atoms with van der Waals surface area (Å²) in [6.45, 7) is 1.80. The van der Waals surface area contributed by atoms with Crippen LogP contribution in [0.15, 0.2) is 0 Å². The smallest absolute Gasteiger partial charge is 0.304 e. The number of carbonyl (C=O) groups is 2. The lowest BCUT2D eigenvalue weighted by atomic mass is 10.3. The van der Waals surface area contributed by atoms with E-state index in [-0.39, 0.29) is 0 Å². The molecule has 0 aromatic heterocycles. The van der Waals surface area contributed by atoms with Crippen molar-refractivity contribution in [2.45, 2.75) is 24.9 Å². The number of hydrogen-bond donors (Lipinski definition) is 0. The first-order valence-electron chi connectivity index (χ1n) is 3.92. The molecular weight excluding hydrogens is 274 g/mol. The topological polar surface area (TPSA) is 95.7 Å². The predicted octanol–water partition coefficient (Wildman–Crippen LogP) is 0.479. The molecular formula is C7H10BrNO6. The first kappa shape index (κ1) is 13.8. The second kappa shape index (κ2) is 6.33. The van der Waals surface area contributed by atoms with Gasteiger partial charge in [-0.3, -0.25) is 19.7 Å². The summed E-state index contributed by atoms with van der Waals surface area (Å²) in [5, 5.41) is 9.41. The van der Waals surface area contributed by atoms with Crippen molar-refractivity contribution in [2.24, 2.45) is 0 Å². The van der Waals surface area contributed by atoms with Crippen molar-refractivity contribution >= 4 is 27.9 Å². The van der Waals surface area contributed by atoms with E-state index in [4.69, 9.17) is 0 Å². The van der Waals surface area contributed by atoms with E-state index in [1.165, 1.54) is 0 Å². The number of alkyl halides is 1. The highest BCUT2D eigenvalue weighted by Crippen LogP contribution is 2.11. The van der Waals surface area contributed by atoms with Crippen molar-refractivity contribution in [1.82, 2.24) is 0 Å². The highest BCUT2D eigenvalue weighted by molar-refractivity contribution is 9.09. The zero-order valence-corrected chi connectivity index (χ0v) is 9.72. The molecule has 86 valence electrons. The van der Waals surface area contributed by atoms with Gasteiger partial charge >= 0.3 is 11.9 Å². The SMILES string of the molecule is CC(=O)OCC(C(Br)OC(C)=O)[N+](=O)[O-]. The molecule has 0 radical (unpaired) electrons. The Morgan fingerprint density at radius 3 is 2.27 bits per heavy atom. The standard InChI is InChI=1S/C7H10BrNO6/c1-4(10)14-3-6(9(12)13)7(8)15-5(2)11/h6-7H,3H2,1-2H3. The van der Waals surface area contributed by atoms with Gasteiger partial charge in [0.15, 0.2) is 6.61 Å². The van der Waals surface area contributed by atoms with Gasteiger partial charge in [0.05, 0.1) is 0 Å². The highest BCUT2D eigenvalue weighted by atomic mass is 79.9. The zero-order chi connectivity index (χ0) is 12.0. The lowest BCUT2D eigenvalue weighted by molar-refractivity contribution is -0.530. The molecule has 0 saturated carbocycles. The van der Waals surface area contributed by atoms with Crippen LogP contribution in [0.4, 0.5) is 0 Å². The number of ether oxygens (including phenoxy) is 2. The first-order valence-corrected chi connectivity index (χ1v) is 4.84. The normalized spacial score (nSPS) is 13.8. The lowest BCUT2D eigenvalue weighted by Crippen LogP contribution is -2.37. The molecule has 0 spiro atoms.